The summed E-state index contributed by atoms with van der Waals surface area (Å²) < 4.78 is 0. The van der Waals surface area contributed by atoms with Gasteiger partial charge in [0.25, 0.3) is 0 Å². The third-order valence-corrected chi connectivity index (χ3v) is 1.29. The van der Waals surface area contributed by atoms with Crippen LogP contribution in [-0.4, -0.2) is 17.6 Å². The van der Waals surface area contributed by atoms with Gasteiger partial charge in [0.1, 0.15) is 5.94 Å². The Hall–Kier alpha value is -1.73. The van der Waals surface area contributed by atoms with Gasteiger partial charge in [0.05, 0.1) is 11.3 Å². The van der Waals surface area contributed by atoms with Crippen LogP contribution in [-0.2, 0) is 9.59 Å². The van der Waals surface area contributed by atoms with Crippen LogP contribution in [0.25, 0.3) is 0 Å². The van der Waals surface area contributed by atoms with Gasteiger partial charge in [-0.3, -0.25) is 4.79 Å². The monoisotopic (exact) mass is 161 g/mol. The average Bonchev–Trinajstić information content (AvgIpc) is 2.04. The second-order valence-corrected chi connectivity index (χ2v) is 2.25. The molecule has 0 bridgehead atoms. The van der Waals surface area contributed by atoms with Crippen LogP contribution in [0.2, 0.25) is 0 Å². The fourth-order valence-corrected chi connectivity index (χ4v) is 0.827. The number of carbonyl (C=O) groups is 1. The van der Waals surface area contributed by atoms with Gasteiger partial charge in [-0.25, -0.2) is 9.79 Å². The van der Waals surface area contributed by atoms with Crippen LogP contribution in [0.4, 0.5) is 0 Å². The zero-order valence-corrected chi connectivity index (χ0v) is 6.57. The number of nitrogens with zero attached hydrogens (tertiary/aromatic N) is 1. The number of hydrogen-bond donors (Lipinski definition) is 0. The van der Waals surface area contributed by atoms with E-state index < -0.39 is 0 Å². The van der Waals surface area contributed by atoms with Gasteiger partial charge >= 0.3 is 0 Å². The molecule has 0 aromatic heterocycles. The van der Waals surface area contributed by atoms with E-state index in [9.17, 15) is 9.59 Å². The molecule has 0 heterocycles. The van der Waals surface area contributed by atoms with Crippen molar-refractivity contribution < 1.29 is 9.59 Å². The van der Waals surface area contributed by atoms with Gasteiger partial charge in [-0.15, -0.1) is 0 Å². The molecule has 0 spiro atoms. The van der Waals surface area contributed by atoms with Gasteiger partial charge in [0.15, 0.2) is 0 Å². The summed E-state index contributed by atoms with van der Waals surface area (Å²) >= 11 is 0. The lowest BCUT2D eigenvalue weighted by Gasteiger charge is -1.99. The minimum atomic E-state index is -0.322. The van der Waals surface area contributed by atoms with Crippen molar-refractivity contribution in [2.45, 2.75) is 6.92 Å². The predicted octanol–water partition coefficient (Wildman–Crippen LogP) is 0.858. The van der Waals surface area contributed by atoms with Gasteiger partial charge in [-0.2, -0.15) is 0 Å². The van der Waals surface area contributed by atoms with Crippen molar-refractivity contribution in [1.29, 1.82) is 0 Å². The number of hydrogen-bond acceptors (Lipinski definition) is 2. The van der Waals surface area contributed by atoms with Crippen LogP contribution in [0.5, 0.6) is 0 Å². The van der Waals surface area contributed by atoms with Crippen molar-refractivity contribution in [2.24, 2.45) is 4.99 Å². The number of carbonyl (C=O) groups excluding carboxylic acids is 2. The van der Waals surface area contributed by atoms with E-state index in [0.717, 1.165) is 0 Å². The van der Waals surface area contributed by atoms with E-state index in [1.807, 2.05) is 0 Å². The first-order valence-electron chi connectivity index (χ1n) is 3.43. The lowest BCUT2D eigenvalue weighted by molar-refractivity contribution is -0.115. The first-order valence-corrected chi connectivity index (χ1v) is 3.43. The van der Waals surface area contributed by atoms with E-state index in [0.29, 0.717) is 11.3 Å². The van der Waals surface area contributed by atoms with Crippen LogP contribution in [0.3, 0.4) is 0 Å². The molecule has 0 saturated heterocycles. The van der Waals surface area contributed by atoms with Gasteiger partial charge in [-0.1, -0.05) is 12.2 Å². The third kappa shape index (κ3) is 1.87. The summed E-state index contributed by atoms with van der Waals surface area (Å²) in [6, 6.07) is 0. The number of amides is 1. The molecule has 0 radical (unpaired) electrons. The molecule has 1 aliphatic carbocycles. The second-order valence-electron chi connectivity index (χ2n) is 2.25. The number of rotatable bonds is 0. The minimum absolute atomic E-state index is 0.313. The van der Waals surface area contributed by atoms with E-state index in [2.05, 4.69) is 4.99 Å². The molecule has 0 aromatic carbocycles. The van der Waals surface area contributed by atoms with Gasteiger partial charge in [0, 0.05) is 6.92 Å². The smallest absolute Gasteiger partial charge is 0.243 e. The third-order valence-electron chi connectivity index (χ3n) is 1.29. The summed E-state index contributed by atoms with van der Waals surface area (Å²) in [5.41, 5.74) is 0.688. The molecule has 0 aliphatic heterocycles. The molecule has 3 heteroatoms. The maximum atomic E-state index is 10.6. The van der Waals surface area contributed by atoms with E-state index in [1.54, 1.807) is 30.2 Å². The average molecular weight is 161 g/mol. The molecule has 0 unspecified atom stereocenters. The van der Waals surface area contributed by atoms with Crippen LogP contribution >= 0.6 is 0 Å². The van der Waals surface area contributed by atoms with Crippen molar-refractivity contribution in [2.75, 3.05) is 0 Å². The molecule has 0 aromatic rings. The fourth-order valence-electron chi connectivity index (χ4n) is 0.827. The lowest BCUT2D eigenvalue weighted by atomic mass is 10.1. The highest BCUT2D eigenvalue weighted by Gasteiger charge is 2.04. The molecule has 3 nitrogen and oxygen atoms in total. The summed E-state index contributed by atoms with van der Waals surface area (Å²) in [6.45, 7) is 1.33. The van der Waals surface area contributed by atoms with E-state index >= 15 is 0 Å². The van der Waals surface area contributed by atoms with Crippen LogP contribution in [0.15, 0.2) is 34.9 Å². The molecular formula is C9H7NO2. The Morgan fingerprint density at radius 1 is 1.42 bits per heavy atom. The highest BCUT2D eigenvalue weighted by Crippen LogP contribution is 2.04. The molecule has 0 saturated carbocycles. The quantitative estimate of drug-likeness (QED) is 0.494. The molecule has 1 rings (SSSR count). The topological polar surface area (TPSA) is 46.5 Å². The first kappa shape index (κ1) is 8.37. The molecule has 0 atom stereocenters. The van der Waals surface area contributed by atoms with Crippen LogP contribution in [0.1, 0.15) is 6.92 Å². The maximum absolute atomic E-state index is 10.6. The minimum Gasteiger partial charge on any atom is -0.273 e. The van der Waals surface area contributed by atoms with Crippen molar-refractivity contribution in [3.05, 3.63) is 29.9 Å². The lowest BCUT2D eigenvalue weighted by Crippen LogP contribution is -2.03. The Balaban J connectivity index is 3.06. The number of allylic oxidation sites excluding steroid dienone is 5. The SMILES string of the molecule is CC(=O)N=C1C=CC=CC1=C=O. The Morgan fingerprint density at radius 3 is 2.67 bits per heavy atom. The fraction of sp³-hybridized carbons (Fsp3) is 0.111. The van der Waals surface area contributed by atoms with Crippen molar-refractivity contribution in [1.82, 2.24) is 0 Å². The van der Waals surface area contributed by atoms with Gasteiger partial charge in [-0.05, 0) is 12.2 Å². The molecule has 1 amide bonds. The normalized spacial score (nSPS) is 18.1. The van der Waals surface area contributed by atoms with Crippen LogP contribution < -0.4 is 0 Å². The summed E-state index contributed by atoms with van der Waals surface area (Å²) in [5.74, 6) is 1.38. The van der Waals surface area contributed by atoms with E-state index in [-0.39, 0.29) is 5.91 Å². The van der Waals surface area contributed by atoms with Crippen LogP contribution in [0, 0.1) is 0 Å². The predicted molar refractivity (Wildman–Crippen MR) is 45.6 cm³/mol. The van der Waals surface area contributed by atoms with Crippen molar-refractivity contribution in [3.8, 4) is 0 Å². The Labute approximate surface area is 69.8 Å². The van der Waals surface area contributed by atoms with Crippen molar-refractivity contribution in [3.63, 3.8) is 0 Å². The summed E-state index contributed by atoms with van der Waals surface area (Å²) in [6.07, 6.45) is 6.57. The molecule has 1 aliphatic rings. The van der Waals surface area contributed by atoms with E-state index in [1.165, 1.54) is 6.92 Å². The summed E-state index contributed by atoms with van der Waals surface area (Å²) in [4.78, 5) is 24.5. The standard InChI is InChI=1S/C9H7NO2/c1-7(12)10-9-5-3-2-4-8(9)6-11/h2-5H,1H3. The zero-order chi connectivity index (χ0) is 8.97. The zero-order valence-electron chi connectivity index (χ0n) is 6.57. The first-order chi connectivity index (χ1) is 5.74. The van der Waals surface area contributed by atoms with Gasteiger partial charge in [0.2, 0.25) is 5.91 Å². The highest BCUT2D eigenvalue weighted by atomic mass is 16.1. The Bertz CT molecular complexity index is 342. The van der Waals surface area contributed by atoms with E-state index in [4.69, 9.17) is 0 Å². The Kier molecular flexibility index (Phi) is 2.51. The Morgan fingerprint density at radius 2 is 2.08 bits per heavy atom. The summed E-state index contributed by atoms with van der Waals surface area (Å²) in [5, 5.41) is 0. The number of aliphatic imine (C=N–C) groups is 1. The molecule has 12 heavy (non-hydrogen) atoms. The molecule has 60 valence electrons. The second kappa shape index (κ2) is 3.60. The summed E-state index contributed by atoms with van der Waals surface area (Å²) in [7, 11) is 0. The molecule has 0 N–H and O–H groups in total. The van der Waals surface area contributed by atoms with Crippen molar-refractivity contribution >= 4 is 17.6 Å². The largest absolute Gasteiger partial charge is 0.273 e. The highest BCUT2D eigenvalue weighted by molar-refractivity contribution is 6.19. The van der Waals surface area contributed by atoms with Gasteiger partial charge < -0.3 is 0 Å². The molecular weight excluding hydrogens is 154 g/mol. The molecule has 0 fully saturated rings. The maximum Gasteiger partial charge on any atom is 0.243 e.